The molecule has 0 radical (unpaired) electrons. The molecular weight excluding hydrogens is 236 g/mol. The summed E-state index contributed by atoms with van der Waals surface area (Å²) in [6.07, 6.45) is 4.76. The molecule has 1 aromatic rings. The summed E-state index contributed by atoms with van der Waals surface area (Å²) in [6.45, 7) is 6.55. The fraction of sp³-hybridized carbons (Fsp3) is 0.625. The molecule has 0 spiro atoms. The van der Waals surface area contributed by atoms with E-state index < -0.39 is 0 Å². The second-order valence-electron chi connectivity index (χ2n) is 5.58. The van der Waals surface area contributed by atoms with Crippen molar-refractivity contribution >= 4 is 0 Å². The van der Waals surface area contributed by atoms with Crippen molar-refractivity contribution in [2.24, 2.45) is 5.73 Å². The number of hydrogen-bond acceptors (Lipinski definition) is 3. The van der Waals surface area contributed by atoms with Crippen LogP contribution in [0.25, 0.3) is 0 Å². The van der Waals surface area contributed by atoms with Gasteiger partial charge in [-0.05, 0) is 63.4 Å². The monoisotopic (exact) mass is 262 g/mol. The molecule has 2 N–H and O–H groups in total. The largest absolute Gasteiger partial charge is 0.494 e. The Balaban J connectivity index is 1.65. The first kappa shape index (κ1) is 14.4. The smallest absolute Gasteiger partial charge is 0.119 e. The molecule has 1 aliphatic rings. The summed E-state index contributed by atoms with van der Waals surface area (Å²) >= 11 is 0. The van der Waals surface area contributed by atoms with Crippen molar-refractivity contribution in [1.82, 2.24) is 4.90 Å². The van der Waals surface area contributed by atoms with E-state index in [1.807, 2.05) is 19.1 Å². The number of nitrogens with two attached hydrogens (primary N) is 1. The van der Waals surface area contributed by atoms with Gasteiger partial charge in [0.2, 0.25) is 0 Å². The Morgan fingerprint density at radius 1 is 1.21 bits per heavy atom. The standard InChI is InChI=1S/C16H26N2O/c1-14(17)13-15-5-7-16(8-6-15)19-12-4-11-18-9-2-3-10-18/h5-8,14H,2-4,9-13,17H2,1H3. The van der Waals surface area contributed by atoms with Gasteiger partial charge in [-0.3, -0.25) is 0 Å². The van der Waals surface area contributed by atoms with Crippen LogP contribution in [0.5, 0.6) is 5.75 Å². The van der Waals surface area contributed by atoms with Gasteiger partial charge in [-0.15, -0.1) is 0 Å². The molecule has 0 amide bonds. The van der Waals surface area contributed by atoms with E-state index >= 15 is 0 Å². The van der Waals surface area contributed by atoms with Crippen LogP contribution in [0.2, 0.25) is 0 Å². The molecule has 1 fully saturated rings. The molecule has 1 aliphatic heterocycles. The van der Waals surface area contributed by atoms with Gasteiger partial charge in [0.1, 0.15) is 5.75 Å². The molecule has 3 heteroatoms. The van der Waals surface area contributed by atoms with E-state index in [-0.39, 0.29) is 6.04 Å². The predicted octanol–water partition coefficient (Wildman–Crippen LogP) is 2.44. The van der Waals surface area contributed by atoms with Gasteiger partial charge in [0.25, 0.3) is 0 Å². The van der Waals surface area contributed by atoms with Crippen molar-refractivity contribution < 1.29 is 4.74 Å². The zero-order valence-corrected chi connectivity index (χ0v) is 12.0. The van der Waals surface area contributed by atoms with Crippen molar-refractivity contribution in [3.8, 4) is 5.75 Å². The first-order valence-corrected chi connectivity index (χ1v) is 7.44. The molecule has 1 atom stereocenters. The van der Waals surface area contributed by atoms with Crippen LogP contribution in [0.15, 0.2) is 24.3 Å². The van der Waals surface area contributed by atoms with Gasteiger partial charge in [-0.25, -0.2) is 0 Å². The Morgan fingerprint density at radius 3 is 2.53 bits per heavy atom. The van der Waals surface area contributed by atoms with Gasteiger partial charge >= 0.3 is 0 Å². The Kier molecular flexibility index (Phi) is 5.67. The predicted molar refractivity (Wildman–Crippen MR) is 79.6 cm³/mol. The van der Waals surface area contributed by atoms with Crippen molar-refractivity contribution in [3.05, 3.63) is 29.8 Å². The van der Waals surface area contributed by atoms with E-state index in [9.17, 15) is 0 Å². The van der Waals surface area contributed by atoms with Crippen LogP contribution in [0, 0.1) is 0 Å². The van der Waals surface area contributed by atoms with Gasteiger partial charge in [0, 0.05) is 12.6 Å². The summed E-state index contributed by atoms with van der Waals surface area (Å²) in [5, 5.41) is 0. The second kappa shape index (κ2) is 7.51. The highest BCUT2D eigenvalue weighted by Gasteiger charge is 2.10. The van der Waals surface area contributed by atoms with Crippen molar-refractivity contribution in [2.45, 2.75) is 38.6 Å². The lowest BCUT2D eigenvalue weighted by atomic mass is 10.1. The maximum absolute atomic E-state index is 5.78. The molecule has 0 aliphatic carbocycles. The Labute approximate surface area is 116 Å². The highest BCUT2D eigenvalue weighted by Crippen LogP contribution is 2.14. The van der Waals surface area contributed by atoms with E-state index in [0.717, 1.165) is 25.2 Å². The summed E-state index contributed by atoms with van der Waals surface area (Å²) in [5.41, 5.74) is 7.06. The highest BCUT2D eigenvalue weighted by molar-refractivity contribution is 5.27. The summed E-state index contributed by atoms with van der Waals surface area (Å²) in [7, 11) is 0. The molecule has 1 heterocycles. The number of nitrogens with zero attached hydrogens (tertiary/aromatic N) is 1. The van der Waals surface area contributed by atoms with Crippen LogP contribution < -0.4 is 10.5 Å². The van der Waals surface area contributed by atoms with Gasteiger partial charge < -0.3 is 15.4 Å². The summed E-state index contributed by atoms with van der Waals surface area (Å²) in [5.74, 6) is 0.967. The number of benzene rings is 1. The third-order valence-electron chi connectivity index (χ3n) is 3.57. The topological polar surface area (TPSA) is 38.5 Å². The van der Waals surface area contributed by atoms with Gasteiger partial charge in [0.05, 0.1) is 6.61 Å². The van der Waals surface area contributed by atoms with Crippen molar-refractivity contribution in [2.75, 3.05) is 26.2 Å². The maximum Gasteiger partial charge on any atom is 0.119 e. The molecule has 0 saturated carbocycles. The average Bonchev–Trinajstić information content (AvgIpc) is 2.89. The van der Waals surface area contributed by atoms with Gasteiger partial charge in [-0.1, -0.05) is 12.1 Å². The molecule has 1 saturated heterocycles. The molecule has 2 rings (SSSR count). The van der Waals surface area contributed by atoms with E-state index in [1.54, 1.807) is 0 Å². The molecule has 0 bridgehead atoms. The number of hydrogen-bond donors (Lipinski definition) is 1. The summed E-state index contributed by atoms with van der Waals surface area (Å²) in [6, 6.07) is 8.53. The van der Waals surface area contributed by atoms with Crippen LogP contribution >= 0.6 is 0 Å². The van der Waals surface area contributed by atoms with Crippen LogP contribution in [-0.4, -0.2) is 37.2 Å². The second-order valence-corrected chi connectivity index (χ2v) is 5.58. The van der Waals surface area contributed by atoms with Crippen LogP contribution in [-0.2, 0) is 6.42 Å². The molecule has 1 aromatic carbocycles. The molecule has 1 unspecified atom stereocenters. The normalized spacial score (nSPS) is 17.6. The van der Waals surface area contributed by atoms with Crippen LogP contribution in [0.1, 0.15) is 31.7 Å². The minimum absolute atomic E-state index is 0.215. The maximum atomic E-state index is 5.78. The molecule has 106 valence electrons. The molecule has 0 aromatic heterocycles. The minimum Gasteiger partial charge on any atom is -0.494 e. The Hall–Kier alpha value is -1.06. The van der Waals surface area contributed by atoms with Gasteiger partial charge in [0.15, 0.2) is 0 Å². The first-order chi connectivity index (χ1) is 9.24. The summed E-state index contributed by atoms with van der Waals surface area (Å²) < 4.78 is 5.77. The third kappa shape index (κ3) is 5.21. The van der Waals surface area contributed by atoms with E-state index in [1.165, 1.54) is 38.0 Å². The molecule has 3 nitrogen and oxygen atoms in total. The first-order valence-electron chi connectivity index (χ1n) is 7.44. The van der Waals surface area contributed by atoms with Crippen molar-refractivity contribution in [1.29, 1.82) is 0 Å². The fourth-order valence-electron chi connectivity index (χ4n) is 2.58. The molecule has 19 heavy (non-hydrogen) atoms. The summed E-state index contributed by atoms with van der Waals surface area (Å²) in [4.78, 5) is 2.52. The highest BCUT2D eigenvalue weighted by atomic mass is 16.5. The number of likely N-dealkylation sites (tertiary alicyclic amines) is 1. The van der Waals surface area contributed by atoms with E-state index in [2.05, 4.69) is 17.0 Å². The number of ether oxygens (including phenoxy) is 1. The minimum atomic E-state index is 0.215. The lowest BCUT2D eigenvalue weighted by molar-refractivity contribution is 0.263. The SMILES string of the molecule is CC(N)Cc1ccc(OCCCN2CCCC2)cc1. The third-order valence-corrected chi connectivity index (χ3v) is 3.57. The molecular formula is C16H26N2O. The fourth-order valence-corrected chi connectivity index (χ4v) is 2.58. The quantitative estimate of drug-likeness (QED) is 0.767. The Bertz CT molecular complexity index is 356. The lowest BCUT2D eigenvalue weighted by Gasteiger charge is -2.14. The zero-order chi connectivity index (χ0) is 13.5. The van der Waals surface area contributed by atoms with Gasteiger partial charge in [-0.2, -0.15) is 0 Å². The zero-order valence-electron chi connectivity index (χ0n) is 12.0. The van der Waals surface area contributed by atoms with Crippen molar-refractivity contribution in [3.63, 3.8) is 0 Å². The Morgan fingerprint density at radius 2 is 1.89 bits per heavy atom. The van der Waals surface area contributed by atoms with Crippen LogP contribution in [0.4, 0.5) is 0 Å². The van der Waals surface area contributed by atoms with E-state index in [4.69, 9.17) is 10.5 Å². The number of rotatable bonds is 7. The van der Waals surface area contributed by atoms with Crippen LogP contribution in [0.3, 0.4) is 0 Å². The van der Waals surface area contributed by atoms with E-state index in [0.29, 0.717) is 0 Å². The lowest BCUT2D eigenvalue weighted by Crippen LogP contribution is -2.21. The average molecular weight is 262 g/mol.